The molecule has 2 rings (SSSR count). The summed E-state index contributed by atoms with van der Waals surface area (Å²) >= 11 is 0. The zero-order valence-corrected chi connectivity index (χ0v) is 12.7. The SMILES string of the molecule is CC(C)CN1CC(N=O)CC1C(=O)NC1CCCCC1. The van der Waals surface area contributed by atoms with E-state index in [2.05, 4.69) is 29.2 Å². The molecule has 2 unspecified atom stereocenters. The van der Waals surface area contributed by atoms with Crippen LogP contribution in [0.15, 0.2) is 5.18 Å². The van der Waals surface area contributed by atoms with Gasteiger partial charge in [0.05, 0.1) is 6.04 Å². The third kappa shape index (κ3) is 4.01. The molecule has 2 aliphatic rings. The van der Waals surface area contributed by atoms with Crippen molar-refractivity contribution in [3.63, 3.8) is 0 Å². The van der Waals surface area contributed by atoms with Crippen LogP contribution in [-0.4, -0.2) is 42.0 Å². The van der Waals surface area contributed by atoms with Gasteiger partial charge in [-0.2, -0.15) is 4.91 Å². The molecule has 5 nitrogen and oxygen atoms in total. The molecule has 0 spiro atoms. The predicted octanol–water partition coefficient (Wildman–Crippen LogP) is 2.30. The van der Waals surface area contributed by atoms with Gasteiger partial charge >= 0.3 is 0 Å². The second-order valence-corrected chi connectivity index (χ2v) is 6.70. The Labute approximate surface area is 121 Å². The van der Waals surface area contributed by atoms with E-state index in [9.17, 15) is 9.70 Å². The molecule has 1 saturated carbocycles. The number of hydrogen-bond donors (Lipinski definition) is 1. The molecule has 1 heterocycles. The Hall–Kier alpha value is -0.970. The molecule has 1 amide bonds. The van der Waals surface area contributed by atoms with Crippen LogP contribution in [0.25, 0.3) is 0 Å². The molecule has 20 heavy (non-hydrogen) atoms. The van der Waals surface area contributed by atoms with Gasteiger partial charge in [-0.25, -0.2) is 0 Å². The van der Waals surface area contributed by atoms with E-state index < -0.39 is 0 Å². The number of nitrogens with zero attached hydrogens (tertiary/aromatic N) is 2. The Balaban J connectivity index is 1.92. The summed E-state index contributed by atoms with van der Waals surface area (Å²) in [5.74, 6) is 0.592. The first kappa shape index (κ1) is 15.4. The summed E-state index contributed by atoms with van der Waals surface area (Å²) in [6.07, 6.45) is 6.48. The highest BCUT2D eigenvalue weighted by atomic mass is 16.3. The maximum Gasteiger partial charge on any atom is 0.237 e. The Bertz CT molecular complexity index is 340. The summed E-state index contributed by atoms with van der Waals surface area (Å²) in [4.78, 5) is 25.4. The topological polar surface area (TPSA) is 61.8 Å². The molecule has 114 valence electrons. The first-order chi connectivity index (χ1) is 9.60. The predicted molar refractivity (Wildman–Crippen MR) is 79.4 cm³/mol. The van der Waals surface area contributed by atoms with Gasteiger partial charge in [0, 0.05) is 19.1 Å². The molecule has 0 bridgehead atoms. The van der Waals surface area contributed by atoms with Crippen LogP contribution < -0.4 is 5.32 Å². The zero-order chi connectivity index (χ0) is 14.5. The number of nitroso groups, excluding NO2 is 1. The molecule has 1 aliphatic heterocycles. The molecule has 1 saturated heterocycles. The van der Waals surface area contributed by atoms with Crippen molar-refractivity contribution in [1.29, 1.82) is 0 Å². The molecule has 1 aliphatic carbocycles. The third-order valence-corrected chi connectivity index (χ3v) is 4.38. The van der Waals surface area contributed by atoms with Crippen molar-refractivity contribution in [2.45, 2.75) is 70.5 Å². The van der Waals surface area contributed by atoms with Gasteiger partial charge in [-0.1, -0.05) is 38.3 Å². The van der Waals surface area contributed by atoms with Crippen molar-refractivity contribution in [2.75, 3.05) is 13.1 Å². The molecule has 1 N–H and O–H groups in total. The summed E-state index contributed by atoms with van der Waals surface area (Å²) in [7, 11) is 0. The quantitative estimate of drug-likeness (QED) is 0.787. The van der Waals surface area contributed by atoms with Gasteiger partial charge in [-0.15, -0.1) is 0 Å². The van der Waals surface area contributed by atoms with Gasteiger partial charge in [0.15, 0.2) is 0 Å². The average Bonchev–Trinajstić information content (AvgIpc) is 2.82. The van der Waals surface area contributed by atoms with E-state index in [0.717, 1.165) is 19.4 Å². The van der Waals surface area contributed by atoms with Gasteiger partial charge in [0.25, 0.3) is 0 Å². The first-order valence-electron chi connectivity index (χ1n) is 7.97. The van der Waals surface area contributed by atoms with Crippen molar-refractivity contribution in [1.82, 2.24) is 10.2 Å². The Kier molecular flexibility index (Phi) is 5.52. The van der Waals surface area contributed by atoms with E-state index in [0.29, 0.717) is 24.9 Å². The van der Waals surface area contributed by atoms with Crippen LogP contribution in [-0.2, 0) is 4.79 Å². The van der Waals surface area contributed by atoms with Gasteiger partial charge < -0.3 is 5.32 Å². The molecule has 5 heteroatoms. The van der Waals surface area contributed by atoms with Crippen LogP contribution in [0.1, 0.15) is 52.4 Å². The highest BCUT2D eigenvalue weighted by Gasteiger charge is 2.38. The normalized spacial score (nSPS) is 28.8. The first-order valence-corrected chi connectivity index (χ1v) is 7.97. The average molecular weight is 281 g/mol. The van der Waals surface area contributed by atoms with Crippen LogP contribution in [0.3, 0.4) is 0 Å². The van der Waals surface area contributed by atoms with E-state index in [1.807, 2.05) is 0 Å². The summed E-state index contributed by atoms with van der Waals surface area (Å²) < 4.78 is 0. The number of rotatable bonds is 5. The van der Waals surface area contributed by atoms with E-state index in [1.165, 1.54) is 19.3 Å². The number of nitrogens with one attached hydrogen (secondary N) is 1. The number of amides is 1. The minimum absolute atomic E-state index is 0.101. The maximum absolute atomic E-state index is 12.5. The summed E-state index contributed by atoms with van der Waals surface area (Å²) in [5.41, 5.74) is 0. The van der Waals surface area contributed by atoms with Crippen molar-refractivity contribution in [3.8, 4) is 0 Å². The van der Waals surface area contributed by atoms with E-state index in [4.69, 9.17) is 0 Å². The number of carbonyl (C=O) groups excluding carboxylic acids is 1. The molecule has 0 aromatic carbocycles. The molecule has 0 aromatic heterocycles. The number of likely N-dealkylation sites (tertiary alicyclic amines) is 1. The maximum atomic E-state index is 12.5. The van der Waals surface area contributed by atoms with Crippen LogP contribution in [0.4, 0.5) is 0 Å². The fourth-order valence-electron chi connectivity index (χ4n) is 3.44. The van der Waals surface area contributed by atoms with Crippen LogP contribution in [0.2, 0.25) is 0 Å². The second kappa shape index (κ2) is 7.16. The zero-order valence-electron chi connectivity index (χ0n) is 12.7. The lowest BCUT2D eigenvalue weighted by molar-refractivity contribution is -0.126. The van der Waals surface area contributed by atoms with Gasteiger partial charge in [0.2, 0.25) is 5.91 Å². The standard InChI is InChI=1S/C15H27N3O2/c1-11(2)9-18-10-13(17-20)8-14(18)15(19)16-12-6-4-3-5-7-12/h11-14H,3-10H2,1-2H3,(H,16,19). The van der Waals surface area contributed by atoms with Crippen molar-refractivity contribution in [2.24, 2.45) is 11.1 Å². The van der Waals surface area contributed by atoms with E-state index >= 15 is 0 Å². The largest absolute Gasteiger partial charge is 0.352 e. The Morgan fingerprint density at radius 2 is 2.00 bits per heavy atom. The molecule has 0 radical (unpaired) electrons. The molecular formula is C15H27N3O2. The van der Waals surface area contributed by atoms with Crippen molar-refractivity contribution in [3.05, 3.63) is 4.91 Å². The number of hydrogen-bond acceptors (Lipinski definition) is 4. The summed E-state index contributed by atoms with van der Waals surface area (Å²) in [6.45, 7) is 5.76. The van der Waals surface area contributed by atoms with Crippen molar-refractivity contribution < 1.29 is 4.79 Å². The second-order valence-electron chi connectivity index (χ2n) is 6.70. The van der Waals surface area contributed by atoms with Gasteiger partial charge in [0.1, 0.15) is 6.04 Å². The lowest BCUT2D eigenvalue weighted by Crippen LogP contribution is -2.48. The van der Waals surface area contributed by atoms with E-state index in [-0.39, 0.29) is 18.0 Å². The lowest BCUT2D eigenvalue weighted by Gasteiger charge is -2.28. The highest BCUT2D eigenvalue weighted by molar-refractivity contribution is 5.82. The summed E-state index contributed by atoms with van der Waals surface area (Å²) in [5, 5.41) is 6.34. The fraction of sp³-hybridized carbons (Fsp3) is 0.933. The van der Waals surface area contributed by atoms with E-state index in [1.54, 1.807) is 0 Å². The van der Waals surface area contributed by atoms with Crippen LogP contribution in [0.5, 0.6) is 0 Å². The fourth-order valence-corrected chi connectivity index (χ4v) is 3.44. The third-order valence-electron chi connectivity index (χ3n) is 4.38. The number of carbonyl (C=O) groups is 1. The summed E-state index contributed by atoms with van der Waals surface area (Å²) in [6, 6.07) is -0.0572. The molecule has 2 atom stereocenters. The van der Waals surface area contributed by atoms with Crippen LogP contribution in [0, 0.1) is 10.8 Å². The van der Waals surface area contributed by atoms with Gasteiger partial charge in [-0.05, 0) is 25.2 Å². The monoisotopic (exact) mass is 281 g/mol. The minimum Gasteiger partial charge on any atom is -0.352 e. The molecule has 2 fully saturated rings. The Morgan fingerprint density at radius 1 is 1.30 bits per heavy atom. The van der Waals surface area contributed by atoms with Crippen LogP contribution >= 0.6 is 0 Å². The molecule has 0 aromatic rings. The van der Waals surface area contributed by atoms with Gasteiger partial charge in [-0.3, -0.25) is 9.69 Å². The smallest absolute Gasteiger partial charge is 0.237 e. The minimum atomic E-state index is -0.226. The highest BCUT2D eigenvalue weighted by Crippen LogP contribution is 2.23. The Morgan fingerprint density at radius 3 is 2.60 bits per heavy atom. The lowest BCUT2D eigenvalue weighted by atomic mass is 9.95. The molecular weight excluding hydrogens is 254 g/mol. The van der Waals surface area contributed by atoms with Crippen molar-refractivity contribution >= 4 is 5.91 Å².